The van der Waals surface area contributed by atoms with Gasteiger partial charge in [0.05, 0.1) is 6.61 Å². The Morgan fingerprint density at radius 2 is 2.09 bits per heavy atom. The minimum absolute atomic E-state index is 0.0387. The lowest BCUT2D eigenvalue weighted by atomic mass is 9.67. The zero-order valence-electron chi connectivity index (χ0n) is 19.5. The lowest BCUT2D eigenvalue weighted by Crippen LogP contribution is -2.45. The summed E-state index contributed by atoms with van der Waals surface area (Å²) in [5, 5.41) is 9.34. The number of rotatable bonds is 9. The minimum Gasteiger partial charge on any atom is -0.487 e. The number of hydrogen-bond donors (Lipinski definition) is 0. The van der Waals surface area contributed by atoms with Gasteiger partial charge in [0.25, 0.3) is 11.0 Å². The summed E-state index contributed by atoms with van der Waals surface area (Å²) in [6.45, 7) is 7.38. The van der Waals surface area contributed by atoms with Crippen LogP contribution in [0.25, 0.3) is 0 Å². The zero-order valence-corrected chi connectivity index (χ0v) is 19.5. The summed E-state index contributed by atoms with van der Waals surface area (Å²) in [4.78, 5) is 27.0. The van der Waals surface area contributed by atoms with Crippen molar-refractivity contribution in [3.63, 3.8) is 0 Å². The predicted octanol–water partition coefficient (Wildman–Crippen LogP) is 6.08. The number of ether oxygens (including phenoxy) is 2. The standard InChI is InChI=1S/C24H31F2NO6/c1-5-10-24(25,26)16-13-19(32-21(28)7-6-11-31-27(29)30)22-17-12-15(2)8-9-18(17)23(3,4)33-20(22)14-16/h8,13-14,17-18H,5-7,9-12H2,1-4H3/t17-,18-/m1/s1. The highest BCUT2D eigenvalue weighted by Gasteiger charge is 2.47. The van der Waals surface area contributed by atoms with Crippen molar-refractivity contribution in [3.05, 3.63) is 45.0 Å². The smallest absolute Gasteiger partial charge is 0.311 e. The van der Waals surface area contributed by atoms with E-state index in [4.69, 9.17) is 9.47 Å². The number of carbonyl (C=O) groups is 1. The number of fused-ring (bicyclic) bond motifs is 3. The Kier molecular flexibility index (Phi) is 7.29. The number of alkyl halides is 2. The van der Waals surface area contributed by atoms with Gasteiger partial charge in [0.1, 0.15) is 17.1 Å². The Labute approximate surface area is 192 Å². The van der Waals surface area contributed by atoms with E-state index in [-0.39, 0.29) is 55.4 Å². The SMILES string of the molecule is CCCC(F)(F)c1cc(OC(=O)CCCO[N+](=O)[O-])c2c(c1)OC(C)(C)[C@@H]1CC=C(C)C[C@@H]21. The van der Waals surface area contributed by atoms with Crippen molar-refractivity contribution in [2.24, 2.45) is 5.92 Å². The third-order valence-electron chi connectivity index (χ3n) is 6.42. The maximum absolute atomic E-state index is 14.9. The summed E-state index contributed by atoms with van der Waals surface area (Å²) >= 11 is 0. The molecule has 1 aromatic rings. The van der Waals surface area contributed by atoms with Crippen LogP contribution in [0.5, 0.6) is 11.5 Å². The Balaban J connectivity index is 1.99. The van der Waals surface area contributed by atoms with Gasteiger partial charge < -0.3 is 14.3 Å². The highest BCUT2D eigenvalue weighted by Crippen LogP contribution is 2.55. The van der Waals surface area contributed by atoms with E-state index >= 15 is 0 Å². The van der Waals surface area contributed by atoms with Crippen LogP contribution in [0.15, 0.2) is 23.8 Å². The van der Waals surface area contributed by atoms with E-state index in [2.05, 4.69) is 10.9 Å². The molecule has 0 radical (unpaired) electrons. The molecular formula is C24H31F2NO6. The van der Waals surface area contributed by atoms with Gasteiger partial charge in [-0.1, -0.05) is 25.0 Å². The largest absolute Gasteiger partial charge is 0.487 e. The van der Waals surface area contributed by atoms with Gasteiger partial charge in [-0.2, -0.15) is 0 Å². The molecule has 2 aliphatic rings. The highest BCUT2D eigenvalue weighted by atomic mass is 19.3. The summed E-state index contributed by atoms with van der Waals surface area (Å²) in [5.74, 6) is -3.30. The molecule has 0 unspecified atom stereocenters. The first kappa shape index (κ1) is 24.9. The molecule has 1 aliphatic carbocycles. The van der Waals surface area contributed by atoms with Crippen LogP contribution in [-0.4, -0.2) is 23.3 Å². The van der Waals surface area contributed by atoms with Crippen LogP contribution in [0, 0.1) is 16.0 Å². The third kappa shape index (κ3) is 5.62. The molecule has 0 N–H and O–H groups in total. The maximum atomic E-state index is 14.9. The van der Waals surface area contributed by atoms with Crippen molar-refractivity contribution >= 4 is 5.97 Å². The molecule has 0 saturated heterocycles. The molecule has 1 heterocycles. The fourth-order valence-corrected chi connectivity index (χ4v) is 4.83. The first-order valence-corrected chi connectivity index (χ1v) is 11.3. The monoisotopic (exact) mass is 467 g/mol. The molecule has 2 atom stereocenters. The Hall–Kier alpha value is -2.71. The number of esters is 1. The van der Waals surface area contributed by atoms with Crippen LogP contribution in [0.2, 0.25) is 0 Å². The lowest BCUT2D eigenvalue weighted by molar-refractivity contribution is -0.757. The topological polar surface area (TPSA) is 87.9 Å². The quantitative estimate of drug-likeness (QED) is 0.109. The van der Waals surface area contributed by atoms with Crippen LogP contribution in [0.1, 0.15) is 83.3 Å². The fraction of sp³-hybridized carbons (Fsp3) is 0.625. The van der Waals surface area contributed by atoms with Gasteiger partial charge in [-0.15, -0.1) is 10.1 Å². The van der Waals surface area contributed by atoms with Crippen LogP contribution in [0.4, 0.5) is 8.78 Å². The van der Waals surface area contributed by atoms with Gasteiger partial charge in [0, 0.05) is 35.8 Å². The Morgan fingerprint density at radius 1 is 1.36 bits per heavy atom. The van der Waals surface area contributed by atoms with E-state index in [9.17, 15) is 23.7 Å². The highest BCUT2D eigenvalue weighted by molar-refractivity contribution is 5.73. The predicted molar refractivity (Wildman–Crippen MR) is 117 cm³/mol. The number of nitrogens with zero attached hydrogens (tertiary/aromatic N) is 1. The number of allylic oxidation sites excluding steroid dienone is 2. The molecule has 33 heavy (non-hydrogen) atoms. The van der Waals surface area contributed by atoms with Gasteiger partial charge in [-0.25, -0.2) is 8.78 Å². The van der Waals surface area contributed by atoms with Gasteiger partial charge in [-0.05, 0) is 52.2 Å². The summed E-state index contributed by atoms with van der Waals surface area (Å²) in [6.07, 6.45) is 3.55. The molecule has 0 aromatic heterocycles. The van der Waals surface area contributed by atoms with Crippen molar-refractivity contribution in [2.45, 2.75) is 83.7 Å². The van der Waals surface area contributed by atoms with E-state index in [0.29, 0.717) is 11.3 Å². The summed E-state index contributed by atoms with van der Waals surface area (Å²) in [5.41, 5.74) is 1.00. The summed E-state index contributed by atoms with van der Waals surface area (Å²) in [6, 6.07) is 2.64. The van der Waals surface area contributed by atoms with E-state index in [1.165, 1.54) is 17.7 Å². The molecule has 0 fully saturated rings. The Bertz CT molecular complexity index is 943. The van der Waals surface area contributed by atoms with Crippen LogP contribution in [-0.2, 0) is 15.6 Å². The summed E-state index contributed by atoms with van der Waals surface area (Å²) in [7, 11) is 0. The normalized spacial score (nSPS) is 21.2. The van der Waals surface area contributed by atoms with Crippen molar-refractivity contribution in [3.8, 4) is 11.5 Å². The van der Waals surface area contributed by atoms with E-state index in [1.54, 1.807) is 6.92 Å². The second-order valence-electron chi connectivity index (χ2n) is 9.38. The zero-order chi connectivity index (χ0) is 24.4. The molecule has 3 rings (SSSR count). The second-order valence-corrected chi connectivity index (χ2v) is 9.38. The van der Waals surface area contributed by atoms with E-state index in [1.807, 2.05) is 20.8 Å². The average molecular weight is 468 g/mol. The molecular weight excluding hydrogens is 436 g/mol. The molecule has 1 aliphatic heterocycles. The molecule has 9 heteroatoms. The first-order chi connectivity index (χ1) is 15.4. The molecule has 0 spiro atoms. The number of carbonyl (C=O) groups excluding carboxylic acids is 1. The van der Waals surface area contributed by atoms with Crippen molar-refractivity contribution in [2.75, 3.05) is 6.61 Å². The third-order valence-corrected chi connectivity index (χ3v) is 6.42. The molecule has 7 nitrogen and oxygen atoms in total. The van der Waals surface area contributed by atoms with Crippen LogP contribution < -0.4 is 9.47 Å². The number of benzene rings is 1. The van der Waals surface area contributed by atoms with Crippen molar-refractivity contribution in [1.82, 2.24) is 0 Å². The molecule has 0 amide bonds. The Morgan fingerprint density at radius 3 is 2.76 bits per heavy atom. The van der Waals surface area contributed by atoms with Gasteiger partial charge in [-0.3, -0.25) is 4.79 Å². The summed E-state index contributed by atoms with van der Waals surface area (Å²) < 4.78 is 41.6. The molecule has 1 aromatic carbocycles. The fourth-order valence-electron chi connectivity index (χ4n) is 4.83. The first-order valence-electron chi connectivity index (χ1n) is 11.3. The van der Waals surface area contributed by atoms with Crippen molar-refractivity contribution < 1.29 is 33.0 Å². The molecule has 182 valence electrons. The van der Waals surface area contributed by atoms with Crippen molar-refractivity contribution in [1.29, 1.82) is 0 Å². The van der Waals surface area contributed by atoms with Gasteiger partial charge >= 0.3 is 5.97 Å². The number of hydrogen-bond acceptors (Lipinski definition) is 6. The average Bonchev–Trinajstić information content (AvgIpc) is 2.70. The van der Waals surface area contributed by atoms with E-state index < -0.39 is 22.6 Å². The number of halogens is 2. The van der Waals surface area contributed by atoms with Crippen LogP contribution >= 0.6 is 0 Å². The molecule has 0 bridgehead atoms. The maximum Gasteiger partial charge on any atom is 0.311 e. The van der Waals surface area contributed by atoms with Gasteiger partial charge in [0.15, 0.2) is 0 Å². The molecule has 0 saturated carbocycles. The lowest BCUT2D eigenvalue weighted by Gasteiger charge is -2.47. The van der Waals surface area contributed by atoms with E-state index in [0.717, 1.165) is 12.8 Å². The van der Waals surface area contributed by atoms with Crippen LogP contribution in [0.3, 0.4) is 0 Å². The second kappa shape index (κ2) is 9.65. The minimum atomic E-state index is -3.10. The van der Waals surface area contributed by atoms with Gasteiger partial charge in [0.2, 0.25) is 0 Å².